The number of amides is 1. The molecule has 0 aliphatic carbocycles. The minimum absolute atomic E-state index is 0.185. The molecule has 8 heteroatoms. The average molecular weight is 379 g/mol. The number of H-pyrrole nitrogens is 1. The maximum Gasteiger partial charge on any atom is 0.247 e. The third-order valence-corrected chi connectivity index (χ3v) is 5.30. The predicted octanol–water partition coefficient (Wildman–Crippen LogP) is 4.83. The predicted molar refractivity (Wildman–Crippen MR) is 100 cm³/mol. The number of rotatable bonds is 4. The first kappa shape index (κ1) is 16.9. The largest absolute Gasteiger partial charge is 0.324 e. The van der Waals surface area contributed by atoms with E-state index in [0.717, 1.165) is 10.4 Å². The molecule has 1 unspecified atom stereocenters. The molecule has 2 N–H and O–H groups in total. The van der Waals surface area contributed by atoms with Crippen molar-refractivity contribution in [2.75, 3.05) is 5.32 Å². The summed E-state index contributed by atoms with van der Waals surface area (Å²) < 4.78 is 2.12. The Balaban J connectivity index is 1.91. The maximum atomic E-state index is 12.7. The van der Waals surface area contributed by atoms with Crippen molar-refractivity contribution in [3.8, 4) is 10.7 Å². The van der Waals surface area contributed by atoms with E-state index in [4.69, 9.17) is 23.8 Å². The molecule has 0 radical (unpaired) electrons. The minimum atomic E-state index is -0.522. The molecular formula is C16H15ClN4OS2. The lowest BCUT2D eigenvalue weighted by molar-refractivity contribution is -0.118. The lowest BCUT2D eigenvalue weighted by atomic mass is 10.2. The summed E-state index contributed by atoms with van der Waals surface area (Å²) in [5.41, 5.74) is 1.51. The van der Waals surface area contributed by atoms with Gasteiger partial charge in [-0.1, -0.05) is 23.7 Å². The van der Waals surface area contributed by atoms with Gasteiger partial charge in [-0.3, -0.25) is 14.5 Å². The van der Waals surface area contributed by atoms with Gasteiger partial charge in [0.05, 0.1) is 4.88 Å². The molecule has 0 aliphatic rings. The van der Waals surface area contributed by atoms with Crippen LogP contribution in [0.2, 0.25) is 5.02 Å². The van der Waals surface area contributed by atoms with Gasteiger partial charge >= 0.3 is 0 Å². The van der Waals surface area contributed by atoms with Gasteiger partial charge in [0.1, 0.15) is 6.04 Å². The first-order valence-electron chi connectivity index (χ1n) is 7.26. The molecule has 3 rings (SSSR count). The van der Waals surface area contributed by atoms with Gasteiger partial charge in [-0.05, 0) is 55.2 Å². The molecule has 3 aromatic rings. The number of aromatic amines is 1. The molecule has 0 aliphatic heterocycles. The summed E-state index contributed by atoms with van der Waals surface area (Å²) in [6.45, 7) is 3.65. The monoisotopic (exact) mass is 378 g/mol. The van der Waals surface area contributed by atoms with Gasteiger partial charge in [0.15, 0.2) is 10.6 Å². The highest BCUT2D eigenvalue weighted by atomic mass is 35.5. The van der Waals surface area contributed by atoms with Crippen LogP contribution < -0.4 is 5.32 Å². The van der Waals surface area contributed by atoms with Crippen molar-refractivity contribution in [2.24, 2.45) is 0 Å². The SMILES string of the molecule is Cc1c(Cl)cccc1NC(=O)C(C)n1c(-c2cccs2)n[nH]c1=S. The Morgan fingerprint density at radius 1 is 1.42 bits per heavy atom. The summed E-state index contributed by atoms with van der Waals surface area (Å²) in [7, 11) is 0. The number of carbonyl (C=O) groups is 1. The van der Waals surface area contributed by atoms with Crippen molar-refractivity contribution in [1.29, 1.82) is 0 Å². The van der Waals surface area contributed by atoms with E-state index in [1.807, 2.05) is 30.5 Å². The van der Waals surface area contributed by atoms with Crippen LogP contribution >= 0.6 is 35.2 Å². The fourth-order valence-electron chi connectivity index (χ4n) is 2.34. The Morgan fingerprint density at radius 3 is 2.92 bits per heavy atom. The van der Waals surface area contributed by atoms with E-state index in [-0.39, 0.29) is 5.91 Å². The number of anilines is 1. The summed E-state index contributed by atoms with van der Waals surface area (Å²) in [6.07, 6.45) is 0. The van der Waals surface area contributed by atoms with Crippen molar-refractivity contribution < 1.29 is 4.79 Å². The summed E-state index contributed by atoms with van der Waals surface area (Å²) in [5, 5.41) is 12.5. The number of hydrogen-bond donors (Lipinski definition) is 2. The third-order valence-electron chi connectivity index (χ3n) is 3.74. The normalized spacial score (nSPS) is 12.1. The van der Waals surface area contributed by atoms with Gasteiger partial charge in [-0.15, -0.1) is 11.3 Å². The van der Waals surface area contributed by atoms with E-state index in [2.05, 4.69) is 15.5 Å². The van der Waals surface area contributed by atoms with Crippen LogP contribution in [0.15, 0.2) is 35.7 Å². The zero-order chi connectivity index (χ0) is 17.3. The second kappa shape index (κ2) is 6.88. The van der Waals surface area contributed by atoms with Crippen molar-refractivity contribution in [2.45, 2.75) is 19.9 Å². The number of halogens is 1. The molecule has 24 heavy (non-hydrogen) atoms. The van der Waals surface area contributed by atoms with Gasteiger partial charge < -0.3 is 5.32 Å². The van der Waals surface area contributed by atoms with Crippen molar-refractivity contribution in [3.63, 3.8) is 0 Å². The van der Waals surface area contributed by atoms with Gasteiger partial charge in [0.25, 0.3) is 0 Å². The summed E-state index contributed by atoms with van der Waals surface area (Å²) in [6, 6.07) is 8.76. The number of nitrogens with zero attached hydrogens (tertiary/aromatic N) is 2. The van der Waals surface area contributed by atoms with Crippen LogP contribution in [-0.2, 0) is 4.79 Å². The molecule has 1 amide bonds. The molecule has 0 saturated carbocycles. The van der Waals surface area contributed by atoms with Crippen LogP contribution in [0.1, 0.15) is 18.5 Å². The molecule has 124 valence electrons. The zero-order valence-electron chi connectivity index (χ0n) is 13.0. The molecule has 5 nitrogen and oxygen atoms in total. The van der Waals surface area contributed by atoms with Crippen molar-refractivity contribution in [1.82, 2.24) is 14.8 Å². The Labute approximate surface area is 153 Å². The Morgan fingerprint density at radius 2 is 2.21 bits per heavy atom. The maximum absolute atomic E-state index is 12.7. The molecule has 2 heterocycles. The molecule has 1 atom stereocenters. The van der Waals surface area contributed by atoms with Crippen LogP contribution in [0.4, 0.5) is 5.69 Å². The Hall–Kier alpha value is -1.96. The van der Waals surface area contributed by atoms with Gasteiger partial charge in [-0.25, -0.2) is 0 Å². The second-order valence-electron chi connectivity index (χ2n) is 5.28. The molecule has 1 aromatic carbocycles. The molecule has 0 bridgehead atoms. The van der Waals surface area contributed by atoms with E-state index in [0.29, 0.717) is 21.3 Å². The Kier molecular flexibility index (Phi) is 4.84. The van der Waals surface area contributed by atoms with Crippen LogP contribution in [0.3, 0.4) is 0 Å². The van der Waals surface area contributed by atoms with Gasteiger partial charge in [0.2, 0.25) is 5.91 Å². The van der Waals surface area contributed by atoms with Crippen molar-refractivity contribution in [3.05, 3.63) is 51.1 Å². The number of carbonyl (C=O) groups excluding carboxylic acids is 1. The lowest BCUT2D eigenvalue weighted by Gasteiger charge is -2.16. The topological polar surface area (TPSA) is 62.7 Å². The first-order chi connectivity index (χ1) is 11.5. The average Bonchev–Trinajstić information content (AvgIpc) is 3.20. The number of aromatic nitrogens is 3. The number of nitrogens with one attached hydrogen (secondary N) is 2. The molecular weight excluding hydrogens is 364 g/mol. The number of thiophene rings is 1. The van der Waals surface area contributed by atoms with Crippen LogP contribution in [0, 0.1) is 11.7 Å². The Bertz CT molecular complexity index is 930. The standard InChI is InChI=1S/C16H15ClN4OS2/c1-9-11(17)5-3-6-12(9)18-15(22)10(2)21-14(19-20-16(21)23)13-7-4-8-24-13/h3-8,10H,1-2H3,(H,18,22)(H,20,23). The van der Waals surface area contributed by atoms with Crippen LogP contribution in [0.5, 0.6) is 0 Å². The van der Waals surface area contributed by atoms with E-state index in [1.54, 1.807) is 35.0 Å². The lowest BCUT2D eigenvalue weighted by Crippen LogP contribution is -2.24. The molecule has 2 aromatic heterocycles. The highest BCUT2D eigenvalue weighted by Crippen LogP contribution is 2.27. The minimum Gasteiger partial charge on any atom is -0.324 e. The highest BCUT2D eigenvalue weighted by Gasteiger charge is 2.22. The quantitative estimate of drug-likeness (QED) is 0.639. The van der Waals surface area contributed by atoms with Crippen molar-refractivity contribution >= 4 is 46.8 Å². The fourth-order valence-corrected chi connectivity index (χ4v) is 3.52. The smallest absolute Gasteiger partial charge is 0.247 e. The second-order valence-corrected chi connectivity index (χ2v) is 7.02. The van der Waals surface area contributed by atoms with Gasteiger partial charge in [-0.2, -0.15) is 5.10 Å². The zero-order valence-corrected chi connectivity index (χ0v) is 15.4. The summed E-state index contributed by atoms with van der Waals surface area (Å²) >= 11 is 13.0. The number of benzene rings is 1. The molecule has 0 fully saturated rings. The summed E-state index contributed by atoms with van der Waals surface area (Å²) in [5.74, 6) is 0.469. The summed E-state index contributed by atoms with van der Waals surface area (Å²) in [4.78, 5) is 13.6. The van der Waals surface area contributed by atoms with E-state index in [1.165, 1.54) is 0 Å². The van der Waals surface area contributed by atoms with Gasteiger partial charge in [0, 0.05) is 10.7 Å². The fraction of sp³-hybridized carbons (Fsp3) is 0.188. The van der Waals surface area contributed by atoms with E-state index >= 15 is 0 Å². The van der Waals surface area contributed by atoms with Crippen LogP contribution in [-0.4, -0.2) is 20.7 Å². The number of hydrogen-bond acceptors (Lipinski definition) is 4. The van der Waals surface area contributed by atoms with E-state index in [9.17, 15) is 4.79 Å². The van der Waals surface area contributed by atoms with E-state index < -0.39 is 6.04 Å². The highest BCUT2D eigenvalue weighted by molar-refractivity contribution is 7.71. The van der Waals surface area contributed by atoms with Crippen LogP contribution in [0.25, 0.3) is 10.7 Å². The first-order valence-corrected chi connectivity index (χ1v) is 8.92. The molecule has 0 spiro atoms. The third kappa shape index (κ3) is 3.15. The molecule has 0 saturated heterocycles.